The second-order valence-electron chi connectivity index (χ2n) is 5.13. The molecule has 0 atom stereocenters. The molecule has 1 aromatic rings. The maximum Gasteiger partial charge on any atom is 0.143 e. The van der Waals surface area contributed by atoms with Crippen molar-refractivity contribution in [3.05, 3.63) is 34.9 Å². The van der Waals surface area contributed by atoms with E-state index in [1.54, 1.807) is 0 Å². The lowest BCUT2D eigenvalue weighted by Crippen LogP contribution is -3.00. The third-order valence-corrected chi connectivity index (χ3v) is 4.17. The second kappa shape index (κ2) is 7.28. The van der Waals surface area contributed by atoms with Crippen molar-refractivity contribution in [3.63, 3.8) is 0 Å². The van der Waals surface area contributed by atoms with Gasteiger partial charge >= 0.3 is 0 Å². The van der Waals surface area contributed by atoms with Crippen LogP contribution in [0.1, 0.15) is 38.2 Å². The van der Waals surface area contributed by atoms with E-state index in [4.69, 9.17) is 11.6 Å². The van der Waals surface area contributed by atoms with Crippen molar-refractivity contribution in [2.24, 2.45) is 0 Å². The first-order valence-electron chi connectivity index (χ1n) is 6.80. The van der Waals surface area contributed by atoms with Crippen LogP contribution in [0.3, 0.4) is 0 Å². The predicted molar refractivity (Wildman–Crippen MR) is 73.9 cm³/mol. The van der Waals surface area contributed by atoms with Gasteiger partial charge in [-0.1, -0.05) is 30.7 Å². The molecule has 0 bridgehead atoms. The molecular weight excluding hydrogens is 281 g/mol. The fraction of sp³-hybridized carbons (Fsp3) is 0.533. The molecule has 0 aliphatic carbocycles. The monoisotopic (exact) mass is 301 g/mol. The Morgan fingerprint density at radius 2 is 2.05 bits per heavy atom. The van der Waals surface area contributed by atoms with Crippen molar-refractivity contribution in [2.75, 3.05) is 13.1 Å². The van der Waals surface area contributed by atoms with Crippen LogP contribution in [0.25, 0.3) is 0 Å². The highest BCUT2D eigenvalue weighted by Gasteiger charge is 2.41. The summed E-state index contributed by atoms with van der Waals surface area (Å²) < 4.78 is 0. The standard InChI is InChI=1S/C15H20ClNO.ClH/c1-2-4-14(18)15(7-9-17-10-8-15)12-5-3-6-13(16)11-12;/h3,5-6,11,17H,2,4,7-10H2,1H3;1H. The molecule has 106 valence electrons. The quantitative estimate of drug-likeness (QED) is 0.785. The number of hydrogen-bond acceptors (Lipinski definition) is 1. The van der Waals surface area contributed by atoms with E-state index in [1.807, 2.05) is 18.2 Å². The first-order chi connectivity index (χ1) is 8.69. The average Bonchev–Trinajstić information content (AvgIpc) is 2.40. The molecule has 1 aromatic carbocycles. The Bertz CT molecular complexity index is 428. The van der Waals surface area contributed by atoms with Crippen molar-refractivity contribution in [3.8, 4) is 0 Å². The summed E-state index contributed by atoms with van der Waals surface area (Å²) in [6.45, 7) is 4.13. The van der Waals surface area contributed by atoms with Crippen LogP contribution in [0, 0.1) is 0 Å². The van der Waals surface area contributed by atoms with Gasteiger partial charge in [0.1, 0.15) is 5.78 Å². The van der Waals surface area contributed by atoms with Gasteiger partial charge in [0.25, 0.3) is 0 Å². The molecule has 0 saturated carbocycles. The number of Topliss-reactive ketones (excluding diaryl/α,β-unsaturated/α-hetero) is 1. The van der Waals surface area contributed by atoms with Crippen LogP contribution >= 0.6 is 11.6 Å². The van der Waals surface area contributed by atoms with E-state index in [1.165, 1.54) is 0 Å². The number of hydrogen-bond donors (Lipinski definition) is 1. The molecule has 0 aromatic heterocycles. The highest BCUT2D eigenvalue weighted by atomic mass is 35.5. The van der Waals surface area contributed by atoms with E-state index in [0.29, 0.717) is 12.2 Å². The molecule has 4 heteroatoms. The Kier molecular flexibility index (Phi) is 6.31. The lowest BCUT2D eigenvalue weighted by Gasteiger charge is -2.35. The number of halogens is 2. The van der Waals surface area contributed by atoms with Crippen LogP contribution in [-0.4, -0.2) is 18.9 Å². The lowest BCUT2D eigenvalue weighted by molar-refractivity contribution is -0.664. The number of quaternary nitrogens is 1. The van der Waals surface area contributed by atoms with Crippen molar-refractivity contribution >= 4 is 17.4 Å². The van der Waals surface area contributed by atoms with Gasteiger partial charge in [-0.2, -0.15) is 0 Å². The SMILES string of the molecule is CCCC(=O)C1(c2cccc(Cl)c2)CC[NH2+]CC1.[Cl-]. The summed E-state index contributed by atoms with van der Waals surface area (Å²) in [6.07, 6.45) is 3.47. The first-order valence-corrected chi connectivity index (χ1v) is 7.18. The molecule has 1 aliphatic heterocycles. The average molecular weight is 302 g/mol. The number of carbonyl (C=O) groups excluding carboxylic acids is 1. The maximum absolute atomic E-state index is 12.6. The fourth-order valence-corrected chi connectivity index (χ4v) is 3.14. The zero-order chi connectivity index (χ0) is 13.0. The van der Waals surface area contributed by atoms with Gasteiger partial charge in [0, 0.05) is 24.3 Å². The van der Waals surface area contributed by atoms with E-state index in [0.717, 1.165) is 42.9 Å². The predicted octanol–water partition coefficient (Wildman–Crippen LogP) is -0.692. The third-order valence-electron chi connectivity index (χ3n) is 3.94. The van der Waals surface area contributed by atoms with Crippen LogP contribution in [0.5, 0.6) is 0 Å². The normalized spacial score (nSPS) is 17.6. The highest BCUT2D eigenvalue weighted by Crippen LogP contribution is 2.35. The molecule has 2 nitrogen and oxygen atoms in total. The topological polar surface area (TPSA) is 33.7 Å². The molecule has 0 spiro atoms. The van der Waals surface area contributed by atoms with Crippen LogP contribution in [-0.2, 0) is 10.2 Å². The second-order valence-corrected chi connectivity index (χ2v) is 5.57. The highest BCUT2D eigenvalue weighted by molar-refractivity contribution is 6.30. The molecule has 2 rings (SSSR count). The van der Waals surface area contributed by atoms with Gasteiger partial charge in [-0.05, 0) is 24.1 Å². The van der Waals surface area contributed by atoms with Crippen LogP contribution in [0.15, 0.2) is 24.3 Å². The van der Waals surface area contributed by atoms with E-state index in [-0.39, 0.29) is 17.8 Å². The summed E-state index contributed by atoms with van der Waals surface area (Å²) in [5, 5.41) is 3.02. The Morgan fingerprint density at radius 3 is 2.63 bits per heavy atom. The maximum atomic E-state index is 12.6. The number of ketones is 1. The molecule has 19 heavy (non-hydrogen) atoms. The molecular formula is C15H21Cl2NO. The molecule has 0 amide bonds. The molecule has 1 heterocycles. The summed E-state index contributed by atoms with van der Waals surface area (Å²) in [5.74, 6) is 0.389. The smallest absolute Gasteiger partial charge is 0.143 e. The van der Waals surface area contributed by atoms with Gasteiger partial charge in [-0.15, -0.1) is 0 Å². The number of rotatable bonds is 4. The van der Waals surface area contributed by atoms with E-state index in [9.17, 15) is 4.79 Å². The lowest BCUT2D eigenvalue weighted by atomic mass is 9.69. The summed E-state index contributed by atoms with van der Waals surface area (Å²) in [6, 6.07) is 7.86. The zero-order valence-corrected chi connectivity index (χ0v) is 12.8. The Hall–Kier alpha value is -0.570. The van der Waals surface area contributed by atoms with Crippen molar-refractivity contribution in [1.29, 1.82) is 0 Å². The van der Waals surface area contributed by atoms with Gasteiger partial charge in [0.2, 0.25) is 0 Å². The van der Waals surface area contributed by atoms with Crippen molar-refractivity contribution in [1.82, 2.24) is 0 Å². The number of benzene rings is 1. The molecule has 1 fully saturated rings. The minimum Gasteiger partial charge on any atom is -1.00 e. The number of piperidine rings is 1. The first kappa shape index (κ1) is 16.5. The summed E-state index contributed by atoms with van der Waals surface area (Å²) in [7, 11) is 0. The summed E-state index contributed by atoms with van der Waals surface area (Å²) in [4.78, 5) is 12.6. The molecule has 0 unspecified atom stereocenters. The number of nitrogens with two attached hydrogens (primary N) is 1. The largest absolute Gasteiger partial charge is 1.00 e. The van der Waals surface area contributed by atoms with E-state index < -0.39 is 0 Å². The van der Waals surface area contributed by atoms with Crippen molar-refractivity contribution < 1.29 is 22.5 Å². The minimum atomic E-state index is -0.282. The molecule has 2 N–H and O–H groups in total. The third kappa shape index (κ3) is 3.50. The fourth-order valence-electron chi connectivity index (χ4n) is 2.95. The van der Waals surface area contributed by atoms with E-state index >= 15 is 0 Å². The van der Waals surface area contributed by atoms with Gasteiger partial charge in [-0.3, -0.25) is 4.79 Å². The molecule has 0 radical (unpaired) electrons. The van der Waals surface area contributed by atoms with Gasteiger partial charge in [-0.25, -0.2) is 0 Å². The Morgan fingerprint density at radius 1 is 1.37 bits per heavy atom. The van der Waals surface area contributed by atoms with Crippen LogP contribution in [0.4, 0.5) is 0 Å². The Balaban J connectivity index is 0.00000180. The van der Waals surface area contributed by atoms with Crippen LogP contribution in [0.2, 0.25) is 5.02 Å². The minimum absolute atomic E-state index is 0. The summed E-state index contributed by atoms with van der Waals surface area (Å²) >= 11 is 6.09. The van der Waals surface area contributed by atoms with Crippen molar-refractivity contribution in [2.45, 2.75) is 38.0 Å². The van der Waals surface area contributed by atoms with Gasteiger partial charge in [0.05, 0.1) is 18.5 Å². The Labute approximate surface area is 126 Å². The van der Waals surface area contributed by atoms with Gasteiger partial charge < -0.3 is 17.7 Å². The summed E-state index contributed by atoms with van der Waals surface area (Å²) in [5.41, 5.74) is 0.830. The number of carbonyl (C=O) groups is 1. The van der Waals surface area contributed by atoms with Crippen LogP contribution < -0.4 is 17.7 Å². The van der Waals surface area contributed by atoms with Gasteiger partial charge in [0.15, 0.2) is 0 Å². The van der Waals surface area contributed by atoms with E-state index in [2.05, 4.69) is 18.3 Å². The molecule has 1 aliphatic rings. The zero-order valence-electron chi connectivity index (χ0n) is 11.3. The molecule has 1 saturated heterocycles.